The molecule has 2 aromatic rings. The minimum absolute atomic E-state index is 0.736. The summed E-state index contributed by atoms with van der Waals surface area (Å²) in [5.74, 6) is 0. The van der Waals surface area contributed by atoms with E-state index < -0.39 is 0 Å². The number of methoxy groups -OCH3 is 1. The lowest BCUT2D eigenvalue weighted by atomic mass is 10.1. The van der Waals surface area contributed by atoms with Crippen molar-refractivity contribution in [1.29, 1.82) is 0 Å². The van der Waals surface area contributed by atoms with E-state index in [-0.39, 0.29) is 0 Å². The fourth-order valence-corrected chi connectivity index (χ4v) is 3.00. The Morgan fingerprint density at radius 1 is 1.32 bits per heavy atom. The summed E-state index contributed by atoms with van der Waals surface area (Å²) >= 11 is 0. The van der Waals surface area contributed by atoms with Crippen LogP contribution in [0.1, 0.15) is 16.8 Å². The van der Waals surface area contributed by atoms with Gasteiger partial charge in [-0.1, -0.05) is 18.2 Å². The third kappa shape index (κ3) is 3.31. The van der Waals surface area contributed by atoms with E-state index >= 15 is 0 Å². The maximum absolute atomic E-state index is 5.27. The van der Waals surface area contributed by atoms with Crippen LogP contribution in [0.4, 0.5) is 5.69 Å². The first kappa shape index (κ1) is 15.1. The summed E-state index contributed by atoms with van der Waals surface area (Å²) in [6, 6.07) is 8.69. The number of aryl methyl sites for hydroxylation is 1. The standard InChI is InChI=1S/C17H24N4O/c1-20-16(7-9-19-20)13-21(10-11-22-2)12-15-5-3-4-14-6-8-18-17(14)15/h3-5,7,9,18H,6,8,10-13H2,1-2H3. The zero-order valence-corrected chi connectivity index (χ0v) is 13.4. The molecule has 0 bridgehead atoms. The number of fused-ring (bicyclic) bond motifs is 1. The van der Waals surface area contributed by atoms with Gasteiger partial charge in [0.1, 0.15) is 0 Å². The van der Waals surface area contributed by atoms with Gasteiger partial charge in [-0.15, -0.1) is 0 Å². The van der Waals surface area contributed by atoms with Crippen LogP contribution >= 0.6 is 0 Å². The largest absolute Gasteiger partial charge is 0.384 e. The van der Waals surface area contributed by atoms with Crippen molar-refractivity contribution in [3.05, 3.63) is 47.3 Å². The summed E-state index contributed by atoms with van der Waals surface area (Å²) in [4.78, 5) is 2.41. The van der Waals surface area contributed by atoms with Crippen molar-refractivity contribution in [2.24, 2.45) is 7.05 Å². The van der Waals surface area contributed by atoms with Crippen molar-refractivity contribution in [2.45, 2.75) is 19.5 Å². The molecule has 0 radical (unpaired) electrons. The van der Waals surface area contributed by atoms with Gasteiger partial charge < -0.3 is 10.1 Å². The molecule has 2 heterocycles. The van der Waals surface area contributed by atoms with Gasteiger partial charge in [0.05, 0.1) is 12.3 Å². The highest BCUT2D eigenvalue weighted by molar-refractivity contribution is 5.61. The molecule has 118 valence electrons. The first-order valence-corrected chi connectivity index (χ1v) is 7.80. The smallest absolute Gasteiger partial charge is 0.0589 e. The second-order valence-electron chi connectivity index (χ2n) is 5.78. The fourth-order valence-electron chi connectivity index (χ4n) is 3.00. The minimum Gasteiger partial charge on any atom is -0.384 e. The monoisotopic (exact) mass is 300 g/mol. The Balaban J connectivity index is 1.75. The molecule has 0 fully saturated rings. The average molecular weight is 300 g/mol. The fraction of sp³-hybridized carbons (Fsp3) is 0.471. The zero-order valence-electron chi connectivity index (χ0n) is 13.4. The molecule has 1 aromatic heterocycles. The number of aromatic nitrogens is 2. The van der Waals surface area contributed by atoms with E-state index in [1.165, 1.54) is 22.5 Å². The third-order valence-electron chi connectivity index (χ3n) is 4.25. The summed E-state index contributed by atoms with van der Waals surface area (Å²) in [6.07, 6.45) is 2.98. The first-order valence-electron chi connectivity index (χ1n) is 7.80. The molecule has 1 aromatic carbocycles. The van der Waals surface area contributed by atoms with Gasteiger partial charge in [-0.2, -0.15) is 5.10 Å². The summed E-state index contributed by atoms with van der Waals surface area (Å²) in [5.41, 5.74) is 5.35. The van der Waals surface area contributed by atoms with Crippen LogP contribution in [0, 0.1) is 0 Å². The number of ether oxygens (including phenoxy) is 1. The van der Waals surface area contributed by atoms with Crippen LogP contribution in [0.2, 0.25) is 0 Å². The van der Waals surface area contributed by atoms with Crippen molar-refractivity contribution in [1.82, 2.24) is 14.7 Å². The molecule has 0 saturated heterocycles. The molecule has 0 amide bonds. The Hall–Kier alpha value is -1.85. The Kier molecular flexibility index (Phi) is 4.75. The summed E-state index contributed by atoms with van der Waals surface area (Å²) in [7, 11) is 3.75. The second-order valence-corrected chi connectivity index (χ2v) is 5.78. The Labute approximate surface area is 131 Å². The van der Waals surface area contributed by atoms with Crippen LogP contribution in [-0.4, -0.2) is 41.5 Å². The first-order chi connectivity index (χ1) is 10.8. The van der Waals surface area contributed by atoms with Crippen molar-refractivity contribution >= 4 is 5.69 Å². The van der Waals surface area contributed by atoms with Gasteiger partial charge >= 0.3 is 0 Å². The van der Waals surface area contributed by atoms with Gasteiger partial charge in [0.25, 0.3) is 0 Å². The van der Waals surface area contributed by atoms with Crippen LogP contribution in [-0.2, 0) is 31.3 Å². The maximum Gasteiger partial charge on any atom is 0.0589 e. The van der Waals surface area contributed by atoms with Gasteiger partial charge in [-0.25, -0.2) is 0 Å². The topological polar surface area (TPSA) is 42.3 Å². The molecular weight excluding hydrogens is 276 g/mol. The van der Waals surface area contributed by atoms with Gasteiger partial charge in [0, 0.05) is 52.2 Å². The number of anilines is 1. The molecule has 0 unspecified atom stereocenters. The number of hydrogen-bond donors (Lipinski definition) is 1. The van der Waals surface area contributed by atoms with E-state index in [2.05, 4.69) is 39.6 Å². The minimum atomic E-state index is 0.736. The van der Waals surface area contributed by atoms with Gasteiger partial charge in [-0.05, 0) is 23.6 Å². The number of rotatable bonds is 7. The number of para-hydroxylation sites is 1. The quantitative estimate of drug-likeness (QED) is 0.850. The molecule has 3 rings (SSSR count). The lowest BCUT2D eigenvalue weighted by Gasteiger charge is -2.23. The number of hydrogen-bond acceptors (Lipinski definition) is 4. The van der Waals surface area contributed by atoms with Crippen LogP contribution in [0.15, 0.2) is 30.5 Å². The van der Waals surface area contributed by atoms with E-state index in [0.29, 0.717) is 0 Å². The summed E-state index contributed by atoms with van der Waals surface area (Å²) in [5, 5.41) is 7.79. The molecule has 0 aliphatic carbocycles. The summed E-state index contributed by atoms with van der Waals surface area (Å²) in [6.45, 7) is 4.49. The highest BCUT2D eigenvalue weighted by atomic mass is 16.5. The zero-order chi connectivity index (χ0) is 15.4. The SMILES string of the molecule is COCCN(Cc1cccc2c1NCC2)Cc1ccnn1C. The van der Waals surface area contributed by atoms with Crippen molar-refractivity contribution in [3.63, 3.8) is 0 Å². The molecule has 1 N–H and O–H groups in total. The summed E-state index contributed by atoms with van der Waals surface area (Å²) < 4.78 is 7.21. The van der Waals surface area contributed by atoms with Gasteiger partial charge in [0.15, 0.2) is 0 Å². The van der Waals surface area contributed by atoms with Crippen molar-refractivity contribution in [2.75, 3.05) is 32.1 Å². The predicted molar refractivity (Wildman–Crippen MR) is 87.8 cm³/mol. The molecule has 0 spiro atoms. The molecule has 0 atom stereocenters. The number of nitrogens with one attached hydrogen (secondary N) is 1. The van der Waals surface area contributed by atoms with E-state index in [4.69, 9.17) is 4.74 Å². The maximum atomic E-state index is 5.27. The average Bonchev–Trinajstić information content (AvgIpc) is 3.15. The van der Waals surface area contributed by atoms with Crippen LogP contribution in [0.5, 0.6) is 0 Å². The van der Waals surface area contributed by atoms with Gasteiger partial charge in [0.2, 0.25) is 0 Å². The molecule has 1 aliphatic rings. The highest BCUT2D eigenvalue weighted by Gasteiger charge is 2.16. The van der Waals surface area contributed by atoms with Crippen LogP contribution in [0.3, 0.4) is 0 Å². The van der Waals surface area contributed by atoms with E-state index in [0.717, 1.165) is 39.2 Å². The Bertz CT molecular complexity index is 623. The molecule has 5 nitrogen and oxygen atoms in total. The lowest BCUT2D eigenvalue weighted by Crippen LogP contribution is -2.28. The van der Waals surface area contributed by atoms with E-state index in [9.17, 15) is 0 Å². The molecule has 22 heavy (non-hydrogen) atoms. The van der Waals surface area contributed by atoms with Crippen LogP contribution < -0.4 is 5.32 Å². The lowest BCUT2D eigenvalue weighted by molar-refractivity contribution is 0.138. The number of benzene rings is 1. The van der Waals surface area contributed by atoms with E-state index in [1.807, 2.05) is 17.9 Å². The molecule has 1 aliphatic heterocycles. The van der Waals surface area contributed by atoms with Crippen LogP contribution in [0.25, 0.3) is 0 Å². The van der Waals surface area contributed by atoms with Crippen molar-refractivity contribution < 1.29 is 4.74 Å². The second kappa shape index (κ2) is 6.94. The molecular formula is C17H24N4O. The Morgan fingerprint density at radius 2 is 2.23 bits per heavy atom. The third-order valence-corrected chi connectivity index (χ3v) is 4.25. The molecule has 0 saturated carbocycles. The normalized spacial score (nSPS) is 13.4. The highest BCUT2D eigenvalue weighted by Crippen LogP contribution is 2.27. The van der Waals surface area contributed by atoms with E-state index in [1.54, 1.807) is 7.11 Å². The number of nitrogens with zero attached hydrogens (tertiary/aromatic N) is 3. The Morgan fingerprint density at radius 3 is 3.00 bits per heavy atom. The van der Waals surface area contributed by atoms with Gasteiger partial charge in [-0.3, -0.25) is 9.58 Å². The predicted octanol–water partition coefficient (Wildman–Crippen LogP) is 2.04. The molecule has 5 heteroatoms. The van der Waals surface area contributed by atoms with Crippen molar-refractivity contribution in [3.8, 4) is 0 Å².